The van der Waals surface area contributed by atoms with Crippen molar-refractivity contribution in [3.05, 3.63) is 0 Å². The molecule has 1 atom stereocenters. The van der Waals surface area contributed by atoms with Crippen LogP contribution in [0.3, 0.4) is 0 Å². The molecule has 0 aromatic carbocycles. The molecule has 110 valence electrons. The number of Topliss-reactive ketones (excluding diaryl/α,β-unsaturated/α-hetero) is 1. The molecule has 2 aliphatic rings. The normalized spacial score (nSPS) is 31.1. The standard InChI is InChI=1S/C17H31NO/c1-3-15-7-9-16(10-8-15)17(19)14(2)13-18-11-5-4-6-12-18/h14-16H,3-13H2,1-2H3/t14-,15?,16?/m1/s1. The van der Waals surface area contributed by atoms with Crippen molar-refractivity contribution >= 4 is 5.78 Å². The third-order valence-corrected chi connectivity index (χ3v) is 5.29. The lowest BCUT2D eigenvalue weighted by Gasteiger charge is -2.32. The third-order valence-electron chi connectivity index (χ3n) is 5.29. The van der Waals surface area contributed by atoms with Crippen molar-refractivity contribution in [2.45, 2.75) is 65.2 Å². The second-order valence-electron chi connectivity index (χ2n) is 6.79. The summed E-state index contributed by atoms with van der Waals surface area (Å²) < 4.78 is 0. The SMILES string of the molecule is CCC1CCC(C(=O)[C@H](C)CN2CCCCC2)CC1. The van der Waals surface area contributed by atoms with E-state index in [0.717, 1.165) is 25.3 Å². The number of piperidine rings is 1. The summed E-state index contributed by atoms with van der Waals surface area (Å²) in [4.78, 5) is 15.0. The van der Waals surface area contributed by atoms with Crippen LogP contribution in [-0.4, -0.2) is 30.3 Å². The number of likely N-dealkylation sites (tertiary alicyclic amines) is 1. The fourth-order valence-corrected chi connectivity index (χ4v) is 3.88. The van der Waals surface area contributed by atoms with Crippen LogP contribution >= 0.6 is 0 Å². The Morgan fingerprint density at radius 3 is 2.32 bits per heavy atom. The van der Waals surface area contributed by atoms with Crippen molar-refractivity contribution in [2.75, 3.05) is 19.6 Å². The first-order valence-corrected chi connectivity index (χ1v) is 8.46. The van der Waals surface area contributed by atoms with Crippen molar-refractivity contribution < 1.29 is 4.79 Å². The molecule has 19 heavy (non-hydrogen) atoms. The summed E-state index contributed by atoms with van der Waals surface area (Å²) in [6.45, 7) is 7.86. The van der Waals surface area contributed by atoms with Gasteiger partial charge in [-0.2, -0.15) is 0 Å². The maximum Gasteiger partial charge on any atom is 0.140 e. The molecule has 1 aliphatic heterocycles. The van der Waals surface area contributed by atoms with Gasteiger partial charge in [-0.3, -0.25) is 4.79 Å². The minimum absolute atomic E-state index is 0.251. The van der Waals surface area contributed by atoms with E-state index in [1.54, 1.807) is 0 Å². The predicted octanol–water partition coefficient (Wildman–Crippen LogP) is 3.89. The molecule has 0 amide bonds. The molecule has 0 unspecified atom stereocenters. The van der Waals surface area contributed by atoms with E-state index in [1.807, 2.05) is 0 Å². The molecule has 2 rings (SSSR count). The molecule has 0 N–H and O–H groups in total. The Bertz CT molecular complexity index is 275. The number of rotatable bonds is 5. The molecule has 0 bridgehead atoms. The average Bonchev–Trinajstić information content (AvgIpc) is 2.47. The van der Waals surface area contributed by atoms with E-state index in [0.29, 0.717) is 11.7 Å². The Balaban J connectivity index is 1.75. The summed E-state index contributed by atoms with van der Waals surface area (Å²) in [5.41, 5.74) is 0. The van der Waals surface area contributed by atoms with Gasteiger partial charge in [-0.1, -0.05) is 26.7 Å². The highest BCUT2D eigenvalue weighted by molar-refractivity contribution is 5.83. The quantitative estimate of drug-likeness (QED) is 0.751. The molecule has 1 saturated heterocycles. The van der Waals surface area contributed by atoms with E-state index in [4.69, 9.17) is 0 Å². The van der Waals surface area contributed by atoms with Crippen LogP contribution in [0.2, 0.25) is 0 Å². The molecule has 0 aromatic rings. The smallest absolute Gasteiger partial charge is 0.140 e. The Hall–Kier alpha value is -0.370. The van der Waals surface area contributed by atoms with Gasteiger partial charge in [-0.15, -0.1) is 0 Å². The summed E-state index contributed by atoms with van der Waals surface area (Å²) in [5, 5.41) is 0. The summed E-state index contributed by atoms with van der Waals surface area (Å²) in [6.07, 6.45) is 10.2. The van der Waals surface area contributed by atoms with E-state index in [-0.39, 0.29) is 5.92 Å². The van der Waals surface area contributed by atoms with Crippen LogP contribution < -0.4 is 0 Å². The highest BCUT2D eigenvalue weighted by Crippen LogP contribution is 2.32. The second-order valence-corrected chi connectivity index (χ2v) is 6.79. The Kier molecular flexibility index (Phi) is 5.87. The van der Waals surface area contributed by atoms with Gasteiger partial charge in [0.2, 0.25) is 0 Å². The van der Waals surface area contributed by atoms with Crippen LogP contribution in [0.25, 0.3) is 0 Å². The molecule has 0 radical (unpaired) electrons. The van der Waals surface area contributed by atoms with Gasteiger partial charge in [-0.25, -0.2) is 0 Å². The topological polar surface area (TPSA) is 20.3 Å². The number of hydrogen-bond donors (Lipinski definition) is 0. The number of carbonyl (C=O) groups is 1. The molecule has 2 heteroatoms. The van der Waals surface area contributed by atoms with E-state index < -0.39 is 0 Å². The van der Waals surface area contributed by atoms with Gasteiger partial charge in [0.1, 0.15) is 5.78 Å². The van der Waals surface area contributed by atoms with Gasteiger partial charge in [-0.05, 0) is 57.5 Å². The lowest BCUT2D eigenvalue weighted by molar-refractivity contribution is -0.128. The Labute approximate surface area is 118 Å². The number of nitrogens with zero attached hydrogens (tertiary/aromatic N) is 1. The monoisotopic (exact) mass is 265 g/mol. The maximum atomic E-state index is 12.5. The van der Waals surface area contributed by atoms with Gasteiger partial charge in [0, 0.05) is 18.4 Å². The van der Waals surface area contributed by atoms with Crippen molar-refractivity contribution in [2.24, 2.45) is 17.8 Å². The summed E-state index contributed by atoms with van der Waals surface area (Å²) in [5.74, 6) is 2.07. The largest absolute Gasteiger partial charge is 0.303 e. The molecule has 0 spiro atoms. The molecule has 0 aromatic heterocycles. The average molecular weight is 265 g/mol. The van der Waals surface area contributed by atoms with Gasteiger partial charge in [0.05, 0.1) is 0 Å². The lowest BCUT2D eigenvalue weighted by Crippen LogP contribution is -2.38. The second kappa shape index (κ2) is 7.42. The zero-order valence-electron chi connectivity index (χ0n) is 12.9. The van der Waals surface area contributed by atoms with E-state index >= 15 is 0 Å². The zero-order valence-corrected chi connectivity index (χ0v) is 12.9. The van der Waals surface area contributed by atoms with Crippen LogP contribution in [0.15, 0.2) is 0 Å². The zero-order chi connectivity index (χ0) is 13.7. The van der Waals surface area contributed by atoms with Crippen molar-refractivity contribution in [3.8, 4) is 0 Å². The van der Waals surface area contributed by atoms with Gasteiger partial charge >= 0.3 is 0 Å². The highest BCUT2D eigenvalue weighted by atomic mass is 16.1. The maximum absolute atomic E-state index is 12.5. The van der Waals surface area contributed by atoms with Gasteiger partial charge in [0.15, 0.2) is 0 Å². The van der Waals surface area contributed by atoms with Gasteiger partial charge in [0.25, 0.3) is 0 Å². The van der Waals surface area contributed by atoms with Gasteiger partial charge < -0.3 is 4.90 Å². The summed E-state index contributed by atoms with van der Waals surface area (Å²) in [6, 6.07) is 0. The lowest BCUT2D eigenvalue weighted by atomic mass is 9.76. The molecular formula is C17H31NO. The summed E-state index contributed by atoms with van der Waals surface area (Å²) in [7, 11) is 0. The van der Waals surface area contributed by atoms with Crippen molar-refractivity contribution in [3.63, 3.8) is 0 Å². The van der Waals surface area contributed by atoms with Crippen LogP contribution in [0.5, 0.6) is 0 Å². The number of hydrogen-bond acceptors (Lipinski definition) is 2. The van der Waals surface area contributed by atoms with Crippen LogP contribution in [-0.2, 0) is 4.79 Å². The Morgan fingerprint density at radius 1 is 1.11 bits per heavy atom. The summed E-state index contributed by atoms with van der Waals surface area (Å²) >= 11 is 0. The molecule has 1 heterocycles. The van der Waals surface area contributed by atoms with Crippen molar-refractivity contribution in [1.82, 2.24) is 4.90 Å². The van der Waals surface area contributed by atoms with E-state index in [2.05, 4.69) is 18.7 Å². The molecule has 1 aliphatic carbocycles. The number of ketones is 1. The first-order valence-electron chi connectivity index (χ1n) is 8.46. The van der Waals surface area contributed by atoms with Crippen LogP contribution in [0, 0.1) is 17.8 Å². The van der Waals surface area contributed by atoms with Crippen LogP contribution in [0.1, 0.15) is 65.2 Å². The minimum Gasteiger partial charge on any atom is -0.303 e. The molecule has 2 nitrogen and oxygen atoms in total. The molecule has 1 saturated carbocycles. The fraction of sp³-hybridized carbons (Fsp3) is 0.941. The number of carbonyl (C=O) groups excluding carboxylic acids is 1. The fourth-order valence-electron chi connectivity index (χ4n) is 3.88. The predicted molar refractivity (Wildman–Crippen MR) is 80.2 cm³/mol. The Morgan fingerprint density at radius 2 is 1.74 bits per heavy atom. The molecular weight excluding hydrogens is 234 g/mol. The first-order chi connectivity index (χ1) is 9.20. The first kappa shape index (κ1) is 15.0. The highest BCUT2D eigenvalue weighted by Gasteiger charge is 2.29. The molecule has 2 fully saturated rings. The van der Waals surface area contributed by atoms with Crippen LogP contribution in [0.4, 0.5) is 0 Å². The van der Waals surface area contributed by atoms with E-state index in [1.165, 1.54) is 51.6 Å². The van der Waals surface area contributed by atoms with Crippen molar-refractivity contribution in [1.29, 1.82) is 0 Å². The third kappa shape index (κ3) is 4.30. The van der Waals surface area contributed by atoms with E-state index in [9.17, 15) is 4.79 Å². The minimum atomic E-state index is 0.251.